The molecule has 0 radical (unpaired) electrons. The predicted molar refractivity (Wildman–Crippen MR) is 35.3 cm³/mol. The molecule has 0 fully saturated rings. The van der Waals surface area contributed by atoms with E-state index in [9.17, 15) is 18.4 Å². The fourth-order valence-electron chi connectivity index (χ4n) is 0.705. The van der Waals surface area contributed by atoms with Crippen LogP contribution in [-0.4, -0.2) is 12.1 Å². The largest absolute Gasteiger partial charge is 0.301 e. The quantitative estimate of drug-likeness (QED) is 0.444. The Labute approximate surface area is 63.6 Å². The number of unbranched alkanes of at least 4 members (excludes halogenated alkanes) is 2. The summed E-state index contributed by atoms with van der Waals surface area (Å²) in [7, 11) is 0. The van der Waals surface area contributed by atoms with E-state index in [1.165, 1.54) is 0 Å². The van der Waals surface area contributed by atoms with Crippen LogP contribution < -0.4 is 0 Å². The smallest absolute Gasteiger partial charge is 0.261 e. The molecule has 4 heteroatoms. The SMILES string of the molecule is O=C(F)CCCCCC(=O)F. The summed E-state index contributed by atoms with van der Waals surface area (Å²) < 4.78 is 23.0. The second-order valence-corrected chi connectivity index (χ2v) is 2.27. The Morgan fingerprint density at radius 2 is 1.18 bits per heavy atom. The lowest BCUT2D eigenvalue weighted by atomic mass is 10.1. The molecule has 0 heterocycles. The normalized spacial score (nSPS) is 9.64. The monoisotopic (exact) mass is 164 g/mol. The summed E-state index contributed by atoms with van der Waals surface area (Å²) in [6.45, 7) is 0. The van der Waals surface area contributed by atoms with Gasteiger partial charge in [0.25, 0.3) is 0 Å². The van der Waals surface area contributed by atoms with Crippen LogP contribution in [0, 0.1) is 0 Å². The molecule has 0 aromatic carbocycles. The van der Waals surface area contributed by atoms with E-state index in [4.69, 9.17) is 0 Å². The van der Waals surface area contributed by atoms with Crippen molar-refractivity contribution in [2.24, 2.45) is 0 Å². The molecule has 0 spiro atoms. The predicted octanol–water partition coefficient (Wildman–Crippen LogP) is 1.93. The van der Waals surface area contributed by atoms with E-state index in [0.717, 1.165) is 0 Å². The van der Waals surface area contributed by atoms with Crippen LogP contribution in [0.1, 0.15) is 32.1 Å². The Morgan fingerprint density at radius 3 is 1.45 bits per heavy atom. The van der Waals surface area contributed by atoms with Crippen molar-refractivity contribution in [1.29, 1.82) is 0 Å². The zero-order chi connectivity index (χ0) is 8.69. The van der Waals surface area contributed by atoms with Gasteiger partial charge in [0.2, 0.25) is 0 Å². The molecule has 0 amide bonds. The number of hydrogen-bond acceptors (Lipinski definition) is 2. The van der Waals surface area contributed by atoms with Crippen molar-refractivity contribution in [3.05, 3.63) is 0 Å². The number of halogens is 2. The molecule has 0 atom stereocenters. The first-order valence-corrected chi connectivity index (χ1v) is 3.49. The highest BCUT2D eigenvalue weighted by atomic mass is 19.1. The zero-order valence-corrected chi connectivity index (χ0v) is 6.11. The molecule has 0 aliphatic heterocycles. The van der Waals surface area contributed by atoms with Crippen LogP contribution in [0.15, 0.2) is 0 Å². The molecule has 0 unspecified atom stereocenters. The second-order valence-electron chi connectivity index (χ2n) is 2.27. The number of rotatable bonds is 6. The van der Waals surface area contributed by atoms with E-state index in [0.29, 0.717) is 19.3 Å². The van der Waals surface area contributed by atoms with Crippen molar-refractivity contribution in [2.45, 2.75) is 32.1 Å². The van der Waals surface area contributed by atoms with Gasteiger partial charge in [-0.2, -0.15) is 8.78 Å². The summed E-state index contributed by atoms with van der Waals surface area (Å²) >= 11 is 0. The summed E-state index contributed by atoms with van der Waals surface area (Å²) in [5, 5.41) is 0. The Bertz CT molecular complexity index is 129. The number of hydrogen-bond donors (Lipinski definition) is 0. The lowest BCUT2D eigenvalue weighted by Crippen LogP contribution is -1.90. The molecule has 0 saturated heterocycles. The molecule has 0 aliphatic rings. The van der Waals surface area contributed by atoms with Gasteiger partial charge in [-0.3, -0.25) is 9.59 Å². The molecule has 0 aromatic heterocycles. The molecule has 0 saturated carbocycles. The van der Waals surface area contributed by atoms with E-state index in [1.54, 1.807) is 0 Å². The number of carbonyl (C=O) groups excluding carboxylic acids is 2. The van der Waals surface area contributed by atoms with E-state index >= 15 is 0 Å². The molecule has 0 aromatic rings. The average molecular weight is 164 g/mol. The van der Waals surface area contributed by atoms with Crippen LogP contribution in [0.4, 0.5) is 8.78 Å². The molecule has 0 bridgehead atoms. The Hall–Kier alpha value is -0.800. The first kappa shape index (κ1) is 10.2. The van der Waals surface area contributed by atoms with Gasteiger partial charge in [-0.15, -0.1) is 0 Å². The fourth-order valence-corrected chi connectivity index (χ4v) is 0.705. The lowest BCUT2D eigenvalue weighted by Gasteiger charge is -1.92. The van der Waals surface area contributed by atoms with Crippen LogP contribution in [0.3, 0.4) is 0 Å². The maximum atomic E-state index is 11.5. The molecule has 64 valence electrons. The van der Waals surface area contributed by atoms with Gasteiger partial charge >= 0.3 is 12.1 Å². The molecule has 11 heavy (non-hydrogen) atoms. The van der Waals surface area contributed by atoms with Crippen LogP contribution in [-0.2, 0) is 9.59 Å². The minimum absolute atomic E-state index is 0.125. The van der Waals surface area contributed by atoms with Gasteiger partial charge < -0.3 is 0 Å². The van der Waals surface area contributed by atoms with Crippen LogP contribution in [0.5, 0.6) is 0 Å². The highest BCUT2D eigenvalue weighted by Gasteiger charge is 2.00. The Kier molecular flexibility index (Phi) is 5.51. The van der Waals surface area contributed by atoms with Gasteiger partial charge in [0, 0.05) is 12.8 Å². The minimum Gasteiger partial charge on any atom is -0.261 e. The molecule has 0 aliphatic carbocycles. The van der Waals surface area contributed by atoms with Gasteiger partial charge in [0.1, 0.15) is 0 Å². The van der Waals surface area contributed by atoms with Crippen molar-refractivity contribution >= 4 is 12.1 Å². The Balaban J connectivity index is 3.03. The highest BCUT2D eigenvalue weighted by molar-refractivity contribution is 5.68. The van der Waals surface area contributed by atoms with Gasteiger partial charge in [0.15, 0.2) is 0 Å². The molecule has 2 nitrogen and oxygen atoms in total. The average Bonchev–Trinajstić information content (AvgIpc) is 1.85. The summed E-state index contributed by atoms with van der Waals surface area (Å²) in [5.74, 6) is 0. The van der Waals surface area contributed by atoms with Gasteiger partial charge in [0.05, 0.1) is 0 Å². The summed E-state index contributed by atoms with van der Waals surface area (Å²) in [6.07, 6.45) is 1.05. The maximum absolute atomic E-state index is 11.5. The lowest BCUT2D eigenvalue weighted by molar-refractivity contribution is -0.129. The van der Waals surface area contributed by atoms with E-state index in [-0.39, 0.29) is 12.8 Å². The highest BCUT2D eigenvalue weighted by Crippen LogP contribution is 2.04. The molecular formula is C7H10F2O2. The number of carbonyl (C=O) groups is 2. The van der Waals surface area contributed by atoms with Gasteiger partial charge in [-0.25, -0.2) is 0 Å². The topological polar surface area (TPSA) is 34.1 Å². The second kappa shape index (κ2) is 5.95. The standard InChI is InChI=1S/C7H10F2O2/c8-6(10)4-2-1-3-5-7(9)11/h1-5H2. The van der Waals surface area contributed by atoms with Crippen molar-refractivity contribution in [1.82, 2.24) is 0 Å². The first-order chi connectivity index (χ1) is 5.13. The third kappa shape index (κ3) is 9.20. The first-order valence-electron chi connectivity index (χ1n) is 3.49. The van der Waals surface area contributed by atoms with Gasteiger partial charge in [-0.05, 0) is 12.8 Å². The fraction of sp³-hybridized carbons (Fsp3) is 0.714. The zero-order valence-electron chi connectivity index (χ0n) is 6.11. The van der Waals surface area contributed by atoms with E-state index < -0.39 is 12.1 Å². The summed E-state index contributed by atoms with van der Waals surface area (Å²) in [5.41, 5.74) is 0. The maximum Gasteiger partial charge on any atom is 0.301 e. The van der Waals surface area contributed by atoms with Crippen molar-refractivity contribution in [2.75, 3.05) is 0 Å². The minimum atomic E-state index is -1.35. The molecule has 0 rings (SSSR count). The van der Waals surface area contributed by atoms with Crippen molar-refractivity contribution < 1.29 is 18.4 Å². The third-order valence-corrected chi connectivity index (χ3v) is 1.25. The van der Waals surface area contributed by atoms with Crippen LogP contribution in [0.25, 0.3) is 0 Å². The third-order valence-electron chi connectivity index (χ3n) is 1.25. The van der Waals surface area contributed by atoms with E-state index in [1.807, 2.05) is 0 Å². The van der Waals surface area contributed by atoms with Crippen molar-refractivity contribution in [3.63, 3.8) is 0 Å². The summed E-state index contributed by atoms with van der Waals surface area (Å²) in [4.78, 5) is 19.5. The van der Waals surface area contributed by atoms with E-state index in [2.05, 4.69) is 0 Å². The molecular weight excluding hydrogens is 154 g/mol. The van der Waals surface area contributed by atoms with Crippen molar-refractivity contribution in [3.8, 4) is 0 Å². The van der Waals surface area contributed by atoms with Crippen LogP contribution >= 0.6 is 0 Å². The summed E-state index contributed by atoms with van der Waals surface area (Å²) in [6, 6.07) is -2.70. The molecule has 0 N–H and O–H groups in total. The van der Waals surface area contributed by atoms with Crippen LogP contribution in [0.2, 0.25) is 0 Å². The Morgan fingerprint density at radius 1 is 0.818 bits per heavy atom. The van der Waals surface area contributed by atoms with Gasteiger partial charge in [-0.1, -0.05) is 6.42 Å².